The summed E-state index contributed by atoms with van der Waals surface area (Å²) in [5, 5.41) is 6.62. The van der Waals surface area contributed by atoms with Crippen molar-refractivity contribution in [1.82, 2.24) is 5.01 Å². The highest BCUT2D eigenvalue weighted by molar-refractivity contribution is 5.98. The highest BCUT2D eigenvalue weighted by atomic mass is 16.5. The zero-order valence-corrected chi connectivity index (χ0v) is 16.4. The maximum Gasteiger partial charge on any atom is 0.0646 e. The van der Waals surface area contributed by atoms with Crippen molar-refractivity contribution in [1.29, 1.82) is 0 Å². The molecule has 1 aromatic rings. The monoisotopic (exact) mass is 320 g/mol. The highest BCUT2D eigenvalue weighted by Gasteiger charge is 2.13. The molecule has 0 bridgehead atoms. The summed E-state index contributed by atoms with van der Waals surface area (Å²) in [6.07, 6.45) is 1.00. The third kappa shape index (κ3) is 8.75. The Hall–Kier alpha value is -1.35. The summed E-state index contributed by atoms with van der Waals surface area (Å²) >= 11 is 0. The summed E-state index contributed by atoms with van der Waals surface area (Å²) in [6.45, 7) is 17.3. The van der Waals surface area contributed by atoms with E-state index in [0.717, 1.165) is 31.9 Å². The summed E-state index contributed by atoms with van der Waals surface area (Å²) < 4.78 is 5.34. The predicted octanol–water partition coefficient (Wildman–Crippen LogP) is 5.09. The van der Waals surface area contributed by atoms with Crippen molar-refractivity contribution in [2.45, 2.75) is 60.3 Å². The molecule has 3 nitrogen and oxygen atoms in total. The van der Waals surface area contributed by atoms with Crippen LogP contribution in [-0.4, -0.2) is 37.5 Å². The first kappa shape index (κ1) is 21.6. The number of rotatable bonds is 7. The molecule has 0 atom stereocenters. The Kier molecular flexibility index (Phi) is 10.6. The van der Waals surface area contributed by atoms with Crippen LogP contribution in [0.1, 0.15) is 66.0 Å². The normalized spacial score (nSPS) is 11.7. The second-order valence-electron chi connectivity index (χ2n) is 6.44. The van der Waals surface area contributed by atoms with E-state index < -0.39 is 0 Å². The van der Waals surface area contributed by atoms with Gasteiger partial charge in [0.2, 0.25) is 0 Å². The third-order valence-electron chi connectivity index (χ3n) is 3.46. The summed E-state index contributed by atoms with van der Waals surface area (Å²) in [5.41, 5.74) is 3.78. The van der Waals surface area contributed by atoms with E-state index in [1.165, 1.54) is 11.1 Å². The minimum absolute atomic E-state index is 0.194. The number of hydrogen-bond acceptors (Lipinski definition) is 3. The van der Waals surface area contributed by atoms with Gasteiger partial charge in [-0.1, -0.05) is 58.9 Å². The van der Waals surface area contributed by atoms with Gasteiger partial charge in [-0.25, -0.2) is 0 Å². The molecule has 0 aliphatic carbocycles. The number of hydrazone groups is 1. The van der Waals surface area contributed by atoms with Crippen LogP contribution in [0.15, 0.2) is 29.4 Å². The molecule has 0 radical (unpaired) electrons. The van der Waals surface area contributed by atoms with E-state index in [1.807, 2.05) is 32.8 Å². The summed E-state index contributed by atoms with van der Waals surface area (Å²) in [7, 11) is 2.01. The second kappa shape index (κ2) is 11.2. The van der Waals surface area contributed by atoms with E-state index in [0.29, 0.717) is 0 Å². The van der Waals surface area contributed by atoms with Crippen LogP contribution in [0, 0.1) is 0 Å². The standard InChI is InChI=1S/C18H30N2O.C2H6/c1-7-21-14-8-13-20(6)19-15(2)16-9-11-17(12-10-16)18(3,4)5;1-2/h9-12H,7-8,13-14H2,1-6H3;1-2H3/b19-15+;. The molecular formula is C20H36N2O. The zero-order chi connectivity index (χ0) is 17.9. The fourth-order valence-corrected chi connectivity index (χ4v) is 2.12. The fraction of sp³-hybridized carbons (Fsp3) is 0.650. The van der Waals surface area contributed by atoms with E-state index >= 15 is 0 Å². The average molecular weight is 321 g/mol. The van der Waals surface area contributed by atoms with E-state index in [-0.39, 0.29) is 5.41 Å². The lowest BCUT2D eigenvalue weighted by molar-refractivity contribution is 0.136. The Morgan fingerprint density at radius 1 is 1.13 bits per heavy atom. The maximum absolute atomic E-state index is 5.34. The molecule has 23 heavy (non-hydrogen) atoms. The largest absolute Gasteiger partial charge is 0.382 e. The van der Waals surface area contributed by atoms with Crippen LogP contribution in [0.4, 0.5) is 0 Å². The summed E-state index contributed by atoms with van der Waals surface area (Å²) in [6, 6.07) is 8.72. The van der Waals surface area contributed by atoms with Crippen LogP contribution in [0.25, 0.3) is 0 Å². The van der Waals surface area contributed by atoms with Crippen molar-refractivity contribution in [3.8, 4) is 0 Å². The predicted molar refractivity (Wildman–Crippen MR) is 102 cm³/mol. The lowest BCUT2D eigenvalue weighted by Crippen LogP contribution is -2.17. The molecule has 0 saturated heterocycles. The van der Waals surface area contributed by atoms with Gasteiger partial charge >= 0.3 is 0 Å². The molecule has 0 N–H and O–H groups in total. The van der Waals surface area contributed by atoms with E-state index in [1.54, 1.807) is 0 Å². The van der Waals surface area contributed by atoms with Crippen LogP contribution in [0.3, 0.4) is 0 Å². The number of hydrogen-bond donors (Lipinski definition) is 0. The minimum atomic E-state index is 0.194. The van der Waals surface area contributed by atoms with Crippen molar-refractivity contribution in [3.05, 3.63) is 35.4 Å². The van der Waals surface area contributed by atoms with Gasteiger partial charge in [0.15, 0.2) is 0 Å². The molecule has 1 rings (SSSR count). The Morgan fingerprint density at radius 3 is 2.17 bits per heavy atom. The van der Waals surface area contributed by atoms with Crippen molar-refractivity contribution < 1.29 is 4.74 Å². The van der Waals surface area contributed by atoms with Crippen LogP contribution in [0.5, 0.6) is 0 Å². The quantitative estimate of drug-likeness (QED) is 0.397. The Balaban J connectivity index is 0.00000232. The Labute approximate surface area is 143 Å². The molecule has 0 aliphatic heterocycles. The van der Waals surface area contributed by atoms with Gasteiger partial charge in [-0.15, -0.1) is 0 Å². The second-order valence-corrected chi connectivity index (χ2v) is 6.44. The summed E-state index contributed by atoms with van der Waals surface area (Å²) in [5.74, 6) is 0. The SMILES string of the molecule is CC.CCOCCCN(C)/N=C(\C)c1ccc(C(C)(C)C)cc1. The Bertz CT molecular complexity index is 444. The van der Waals surface area contributed by atoms with Crippen molar-refractivity contribution in [3.63, 3.8) is 0 Å². The van der Waals surface area contributed by atoms with Gasteiger partial charge in [0.1, 0.15) is 0 Å². The van der Waals surface area contributed by atoms with Gasteiger partial charge < -0.3 is 4.74 Å². The lowest BCUT2D eigenvalue weighted by Gasteiger charge is -2.19. The molecule has 0 fully saturated rings. The average Bonchev–Trinajstić information content (AvgIpc) is 2.53. The first-order chi connectivity index (χ1) is 10.8. The van der Waals surface area contributed by atoms with Gasteiger partial charge in [0, 0.05) is 26.8 Å². The Morgan fingerprint density at radius 2 is 1.70 bits per heavy atom. The topological polar surface area (TPSA) is 24.8 Å². The summed E-state index contributed by atoms with van der Waals surface area (Å²) in [4.78, 5) is 0. The van der Waals surface area contributed by atoms with Gasteiger partial charge in [-0.05, 0) is 36.8 Å². The molecule has 3 heteroatoms. The number of ether oxygens (including phenoxy) is 1. The van der Waals surface area contributed by atoms with Crippen LogP contribution < -0.4 is 0 Å². The molecular weight excluding hydrogens is 284 g/mol. The lowest BCUT2D eigenvalue weighted by atomic mass is 9.86. The molecule has 0 heterocycles. The molecule has 0 aliphatic rings. The highest BCUT2D eigenvalue weighted by Crippen LogP contribution is 2.22. The van der Waals surface area contributed by atoms with Crippen LogP contribution in [0.2, 0.25) is 0 Å². The molecule has 1 aromatic carbocycles. The van der Waals surface area contributed by atoms with Crippen LogP contribution >= 0.6 is 0 Å². The van der Waals surface area contributed by atoms with E-state index in [4.69, 9.17) is 4.74 Å². The smallest absolute Gasteiger partial charge is 0.0646 e. The molecule has 132 valence electrons. The van der Waals surface area contributed by atoms with Gasteiger partial charge in [0.05, 0.1) is 5.71 Å². The molecule has 0 saturated carbocycles. The number of nitrogens with zero attached hydrogens (tertiary/aromatic N) is 2. The molecule has 0 aromatic heterocycles. The number of benzene rings is 1. The van der Waals surface area contributed by atoms with E-state index in [2.05, 4.69) is 57.1 Å². The molecule has 0 unspecified atom stereocenters. The maximum atomic E-state index is 5.34. The fourth-order valence-electron chi connectivity index (χ4n) is 2.12. The minimum Gasteiger partial charge on any atom is -0.382 e. The van der Waals surface area contributed by atoms with Gasteiger partial charge in [-0.3, -0.25) is 5.01 Å². The van der Waals surface area contributed by atoms with E-state index in [9.17, 15) is 0 Å². The van der Waals surface area contributed by atoms with Crippen LogP contribution in [-0.2, 0) is 10.2 Å². The van der Waals surface area contributed by atoms with Crippen molar-refractivity contribution in [2.75, 3.05) is 26.8 Å². The van der Waals surface area contributed by atoms with Gasteiger partial charge in [0.25, 0.3) is 0 Å². The van der Waals surface area contributed by atoms with Crippen molar-refractivity contribution in [2.24, 2.45) is 5.10 Å². The zero-order valence-electron chi connectivity index (χ0n) is 16.4. The first-order valence-corrected chi connectivity index (χ1v) is 8.79. The van der Waals surface area contributed by atoms with Crippen molar-refractivity contribution >= 4 is 5.71 Å². The van der Waals surface area contributed by atoms with Gasteiger partial charge in [-0.2, -0.15) is 5.10 Å². The molecule has 0 amide bonds. The third-order valence-corrected chi connectivity index (χ3v) is 3.46. The first-order valence-electron chi connectivity index (χ1n) is 8.79. The molecule has 0 spiro atoms.